The molecular formula is C19H20ClNO2. The molecule has 2 aromatic rings. The number of carboxylic acid groups (broad SMARTS) is 1. The molecule has 0 aliphatic heterocycles. The van der Waals surface area contributed by atoms with E-state index in [2.05, 4.69) is 37.4 Å². The monoisotopic (exact) mass is 329 g/mol. The molecule has 3 rings (SSSR count). The second kappa shape index (κ2) is 5.89. The zero-order valence-electron chi connectivity index (χ0n) is 13.3. The van der Waals surface area contributed by atoms with E-state index in [4.69, 9.17) is 11.6 Å². The van der Waals surface area contributed by atoms with Gasteiger partial charge in [-0.3, -0.25) is 0 Å². The molecule has 120 valence electrons. The standard InChI is InChI=1S/C19H20ClNO2/c1-19(2)10-9-13-3-4-14(12-5-7-15(20)8-6-12)11-16(13)17(19)21-18(22)23/h3-8,11,17,21H,9-10H2,1-2H3,(H,22,23). The van der Waals surface area contributed by atoms with Gasteiger partial charge in [0.2, 0.25) is 0 Å². The number of carbonyl (C=O) groups is 1. The summed E-state index contributed by atoms with van der Waals surface area (Å²) in [5, 5.41) is 12.6. The van der Waals surface area contributed by atoms with E-state index in [1.807, 2.05) is 24.3 Å². The second-order valence-electron chi connectivity index (χ2n) is 6.79. The Hall–Kier alpha value is -2.00. The number of halogens is 1. The normalized spacial score (nSPS) is 19.0. The lowest BCUT2D eigenvalue weighted by Gasteiger charge is -2.40. The Kier molecular flexibility index (Phi) is 4.07. The van der Waals surface area contributed by atoms with Crippen molar-refractivity contribution in [2.24, 2.45) is 5.41 Å². The fourth-order valence-electron chi connectivity index (χ4n) is 3.33. The molecule has 0 saturated carbocycles. The predicted octanol–water partition coefficient (Wildman–Crippen LogP) is 5.29. The van der Waals surface area contributed by atoms with Gasteiger partial charge in [-0.15, -0.1) is 0 Å². The first kappa shape index (κ1) is 15.9. The van der Waals surface area contributed by atoms with Crippen molar-refractivity contribution >= 4 is 17.7 Å². The van der Waals surface area contributed by atoms with Gasteiger partial charge in [0, 0.05) is 5.02 Å². The highest BCUT2D eigenvalue weighted by Gasteiger charge is 2.37. The highest BCUT2D eigenvalue weighted by atomic mass is 35.5. The molecule has 2 aromatic carbocycles. The highest BCUT2D eigenvalue weighted by Crippen LogP contribution is 2.44. The molecule has 1 atom stereocenters. The van der Waals surface area contributed by atoms with Crippen LogP contribution in [0.5, 0.6) is 0 Å². The lowest BCUT2D eigenvalue weighted by molar-refractivity contribution is 0.161. The summed E-state index contributed by atoms with van der Waals surface area (Å²) in [4.78, 5) is 11.2. The zero-order valence-corrected chi connectivity index (χ0v) is 14.0. The molecule has 0 saturated heterocycles. The van der Waals surface area contributed by atoms with E-state index in [1.165, 1.54) is 5.56 Å². The van der Waals surface area contributed by atoms with Crippen LogP contribution in [0.3, 0.4) is 0 Å². The average Bonchev–Trinajstić information content (AvgIpc) is 2.50. The van der Waals surface area contributed by atoms with Gasteiger partial charge in [-0.05, 0) is 58.7 Å². The van der Waals surface area contributed by atoms with Crippen molar-refractivity contribution in [2.75, 3.05) is 0 Å². The number of nitrogens with one attached hydrogen (secondary N) is 1. The first-order valence-corrected chi connectivity index (χ1v) is 8.13. The number of hydrogen-bond acceptors (Lipinski definition) is 1. The van der Waals surface area contributed by atoms with E-state index in [1.54, 1.807) is 0 Å². The SMILES string of the molecule is CC1(C)CCc2ccc(-c3ccc(Cl)cc3)cc2C1NC(=O)O. The minimum absolute atomic E-state index is 0.107. The van der Waals surface area contributed by atoms with E-state index >= 15 is 0 Å². The van der Waals surface area contributed by atoms with Crippen molar-refractivity contribution < 1.29 is 9.90 Å². The van der Waals surface area contributed by atoms with E-state index in [0.717, 1.165) is 29.5 Å². The number of rotatable bonds is 2. The third kappa shape index (κ3) is 3.20. The fourth-order valence-corrected chi connectivity index (χ4v) is 3.46. The van der Waals surface area contributed by atoms with Gasteiger partial charge in [-0.2, -0.15) is 0 Å². The number of hydrogen-bond donors (Lipinski definition) is 2. The molecule has 2 N–H and O–H groups in total. The fraction of sp³-hybridized carbons (Fsp3) is 0.316. The molecule has 0 heterocycles. The minimum Gasteiger partial charge on any atom is -0.465 e. The number of fused-ring (bicyclic) bond motifs is 1. The van der Waals surface area contributed by atoms with Crippen molar-refractivity contribution in [1.29, 1.82) is 0 Å². The number of benzene rings is 2. The van der Waals surface area contributed by atoms with Crippen LogP contribution in [-0.2, 0) is 6.42 Å². The summed E-state index contributed by atoms with van der Waals surface area (Å²) in [6.45, 7) is 4.23. The van der Waals surface area contributed by atoms with Gasteiger partial charge >= 0.3 is 6.09 Å². The third-order valence-electron chi connectivity index (χ3n) is 4.72. The van der Waals surface area contributed by atoms with Crippen LogP contribution in [0.15, 0.2) is 42.5 Å². The molecule has 0 spiro atoms. The van der Waals surface area contributed by atoms with Crippen LogP contribution in [0, 0.1) is 5.41 Å². The second-order valence-corrected chi connectivity index (χ2v) is 7.23. The van der Waals surface area contributed by atoms with Gasteiger partial charge < -0.3 is 10.4 Å². The maximum absolute atomic E-state index is 11.2. The van der Waals surface area contributed by atoms with Gasteiger partial charge in [-0.1, -0.05) is 49.7 Å². The lowest BCUT2D eigenvalue weighted by Crippen LogP contribution is -2.40. The van der Waals surface area contributed by atoms with Crippen molar-refractivity contribution in [3.05, 3.63) is 58.6 Å². The quantitative estimate of drug-likeness (QED) is 0.786. The van der Waals surface area contributed by atoms with Gasteiger partial charge in [0.15, 0.2) is 0 Å². The molecule has 0 radical (unpaired) electrons. The Balaban J connectivity index is 2.06. The molecule has 1 amide bonds. The topological polar surface area (TPSA) is 49.3 Å². The summed E-state index contributed by atoms with van der Waals surface area (Å²) in [6.07, 6.45) is 0.958. The Morgan fingerprint density at radius 1 is 1.17 bits per heavy atom. The highest BCUT2D eigenvalue weighted by molar-refractivity contribution is 6.30. The summed E-state index contributed by atoms with van der Waals surface area (Å²) in [5.74, 6) is 0. The van der Waals surface area contributed by atoms with E-state index in [9.17, 15) is 9.90 Å². The number of aryl methyl sites for hydroxylation is 1. The van der Waals surface area contributed by atoms with Crippen LogP contribution in [0.1, 0.15) is 37.4 Å². The molecule has 0 fully saturated rings. The van der Waals surface area contributed by atoms with Gasteiger partial charge in [0.25, 0.3) is 0 Å². The maximum atomic E-state index is 11.2. The summed E-state index contributed by atoms with van der Waals surface area (Å²) in [6, 6.07) is 13.8. The van der Waals surface area contributed by atoms with Crippen LogP contribution in [-0.4, -0.2) is 11.2 Å². The molecule has 23 heavy (non-hydrogen) atoms. The summed E-state index contributed by atoms with van der Waals surface area (Å²) in [5.41, 5.74) is 4.35. The zero-order chi connectivity index (χ0) is 16.6. The number of amides is 1. The van der Waals surface area contributed by atoms with Crippen molar-refractivity contribution in [1.82, 2.24) is 5.32 Å². The third-order valence-corrected chi connectivity index (χ3v) is 4.97. The minimum atomic E-state index is -0.979. The van der Waals surface area contributed by atoms with Crippen molar-refractivity contribution in [3.63, 3.8) is 0 Å². The van der Waals surface area contributed by atoms with Crippen LogP contribution in [0.4, 0.5) is 4.79 Å². The maximum Gasteiger partial charge on any atom is 0.405 e. The van der Waals surface area contributed by atoms with Gasteiger partial charge in [0.1, 0.15) is 0 Å². The van der Waals surface area contributed by atoms with E-state index in [-0.39, 0.29) is 11.5 Å². The Morgan fingerprint density at radius 3 is 2.48 bits per heavy atom. The largest absolute Gasteiger partial charge is 0.465 e. The summed E-state index contributed by atoms with van der Waals surface area (Å²) in [7, 11) is 0. The molecule has 0 aromatic heterocycles. The van der Waals surface area contributed by atoms with E-state index < -0.39 is 6.09 Å². The first-order chi connectivity index (χ1) is 10.9. The molecule has 1 aliphatic rings. The van der Waals surface area contributed by atoms with Crippen LogP contribution >= 0.6 is 11.6 Å². The molecule has 4 heteroatoms. The summed E-state index contributed by atoms with van der Waals surface area (Å²) >= 11 is 5.96. The molecule has 0 bridgehead atoms. The summed E-state index contributed by atoms with van der Waals surface area (Å²) < 4.78 is 0. The lowest BCUT2D eigenvalue weighted by atomic mass is 9.70. The van der Waals surface area contributed by atoms with E-state index in [0.29, 0.717) is 5.02 Å². The van der Waals surface area contributed by atoms with Gasteiger partial charge in [-0.25, -0.2) is 4.79 Å². The molecule has 1 aliphatic carbocycles. The van der Waals surface area contributed by atoms with Crippen molar-refractivity contribution in [2.45, 2.75) is 32.7 Å². The van der Waals surface area contributed by atoms with Crippen LogP contribution in [0.2, 0.25) is 5.02 Å². The Morgan fingerprint density at radius 2 is 1.83 bits per heavy atom. The molecular weight excluding hydrogens is 310 g/mol. The Labute approximate surface area is 141 Å². The molecule has 3 nitrogen and oxygen atoms in total. The van der Waals surface area contributed by atoms with Gasteiger partial charge in [0.05, 0.1) is 6.04 Å². The molecule has 1 unspecified atom stereocenters. The average molecular weight is 330 g/mol. The van der Waals surface area contributed by atoms with Crippen LogP contribution < -0.4 is 5.32 Å². The predicted molar refractivity (Wildman–Crippen MR) is 92.9 cm³/mol. The smallest absolute Gasteiger partial charge is 0.405 e. The van der Waals surface area contributed by atoms with Crippen LogP contribution in [0.25, 0.3) is 11.1 Å². The first-order valence-electron chi connectivity index (χ1n) is 7.75. The van der Waals surface area contributed by atoms with Crippen molar-refractivity contribution in [3.8, 4) is 11.1 Å². The Bertz CT molecular complexity index is 738.